The summed E-state index contributed by atoms with van der Waals surface area (Å²) >= 11 is 0. The van der Waals surface area contributed by atoms with Crippen LogP contribution < -0.4 is 0 Å². The lowest BCUT2D eigenvalue weighted by atomic mass is 10.2. The van der Waals surface area contributed by atoms with Crippen molar-refractivity contribution in [2.45, 2.75) is 20.4 Å². The Bertz CT molecular complexity index is 997. The normalized spacial score (nSPS) is 11.6. The van der Waals surface area contributed by atoms with Crippen LogP contribution in [0.1, 0.15) is 17.1 Å². The van der Waals surface area contributed by atoms with Crippen molar-refractivity contribution in [3.63, 3.8) is 0 Å². The first-order valence-electron chi connectivity index (χ1n) is 7.19. The van der Waals surface area contributed by atoms with Gasteiger partial charge in [0.1, 0.15) is 11.6 Å². The van der Waals surface area contributed by atoms with E-state index >= 15 is 0 Å². The second-order valence-electron chi connectivity index (χ2n) is 5.51. The molecule has 0 aliphatic rings. The van der Waals surface area contributed by atoms with Crippen molar-refractivity contribution in [2.75, 3.05) is 0 Å². The number of aryl methyl sites for hydroxylation is 2. The van der Waals surface area contributed by atoms with Gasteiger partial charge in [0.05, 0.1) is 17.6 Å². The van der Waals surface area contributed by atoms with Gasteiger partial charge in [0.25, 0.3) is 0 Å². The molecule has 1 aromatic carbocycles. The van der Waals surface area contributed by atoms with Gasteiger partial charge >= 0.3 is 0 Å². The highest BCUT2D eigenvalue weighted by Crippen LogP contribution is 2.23. The monoisotopic (exact) mass is 294 g/mol. The van der Waals surface area contributed by atoms with Gasteiger partial charge in [0, 0.05) is 11.3 Å². The second kappa shape index (κ2) is 4.66. The molecular weight excluding hydrogens is 279 g/mol. The molecule has 22 heavy (non-hydrogen) atoms. The average molecular weight is 294 g/mol. The summed E-state index contributed by atoms with van der Waals surface area (Å²) in [5.74, 6) is 0.675. The third-order valence-corrected chi connectivity index (χ3v) is 4.09. The maximum atomic E-state index is 13.9. The molecule has 0 saturated carbocycles. The van der Waals surface area contributed by atoms with Crippen LogP contribution in [0.5, 0.6) is 0 Å². The Labute approximate surface area is 126 Å². The largest absolute Gasteiger partial charge is 0.339 e. The molecule has 3 heterocycles. The molecule has 0 aliphatic carbocycles. The van der Waals surface area contributed by atoms with E-state index in [9.17, 15) is 4.39 Å². The van der Waals surface area contributed by atoms with Gasteiger partial charge in [-0.1, -0.05) is 18.2 Å². The Kier molecular flexibility index (Phi) is 2.76. The zero-order chi connectivity index (χ0) is 15.3. The van der Waals surface area contributed by atoms with Crippen LogP contribution in [0.4, 0.5) is 4.39 Å². The van der Waals surface area contributed by atoms with E-state index in [2.05, 4.69) is 20.8 Å². The molecule has 0 aliphatic heterocycles. The highest BCUT2D eigenvalue weighted by atomic mass is 19.1. The van der Waals surface area contributed by atoms with Gasteiger partial charge in [0.2, 0.25) is 0 Å². The SMILES string of the molecule is Cc1cc2c(ccc3nnc(C)n32)n1Cc1ccccc1F. The summed E-state index contributed by atoms with van der Waals surface area (Å²) < 4.78 is 18.1. The van der Waals surface area contributed by atoms with Gasteiger partial charge in [-0.25, -0.2) is 4.39 Å². The summed E-state index contributed by atoms with van der Waals surface area (Å²) in [6.45, 7) is 4.48. The number of halogens is 1. The number of nitrogens with zero attached hydrogens (tertiary/aromatic N) is 4. The van der Waals surface area contributed by atoms with Gasteiger partial charge in [-0.05, 0) is 38.1 Å². The molecule has 0 fully saturated rings. The predicted octanol–water partition coefficient (Wildman–Crippen LogP) is 3.49. The Morgan fingerprint density at radius 3 is 2.64 bits per heavy atom. The number of hydrogen-bond acceptors (Lipinski definition) is 2. The molecule has 0 spiro atoms. The van der Waals surface area contributed by atoms with Crippen molar-refractivity contribution in [3.05, 3.63) is 65.4 Å². The zero-order valence-electron chi connectivity index (χ0n) is 12.4. The minimum Gasteiger partial charge on any atom is -0.339 e. The predicted molar refractivity (Wildman–Crippen MR) is 83.5 cm³/mol. The Morgan fingerprint density at radius 1 is 1.00 bits per heavy atom. The van der Waals surface area contributed by atoms with E-state index < -0.39 is 0 Å². The lowest BCUT2D eigenvalue weighted by Gasteiger charge is -2.09. The quantitative estimate of drug-likeness (QED) is 0.567. The Morgan fingerprint density at radius 2 is 1.82 bits per heavy atom. The fourth-order valence-corrected chi connectivity index (χ4v) is 2.98. The summed E-state index contributed by atoms with van der Waals surface area (Å²) in [7, 11) is 0. The Balaban J connectivity index is 1.95. The van der Waals surface area contributed by atoms with Crippen molar-refractivity contribution in [3.8, 4) is 0 Å². The minimum absolute atomic E-state index is 0.176. The highest BCUT2D eigenvalue weighted by Gasteiger charge is 2.13. The fourth-order valence-electron chi connectivity index (χ4n) is 2.98. The smallest absolute Gasteiger partial charge is 0.161 e. The van der Waals surface area contributed by atoms with Crippen LogP contribution in [0.25, 0.3) is 16.7 Å². The average Bonchev–Trinajstić information content (AvgIpc) is 3.03. The molecule has 0 amide bonds. The number of pyridine rings is 1. The number of fused-ring (bicyclic) bond motifs is 3. The van der Waals surface area contributed by atoms with Gasteiger partial charge in [-0.2, -0.15) is 0 Å². The van der Waals surface area contributed by atoms with Gasteiger partial charge in [0.15, 0.2) is 5.65 Å². The molecule has 0 radical (unpaired) electrons. The lowest BCUT2D eigenvalue weighted by Crippen LogP contribution is -2.03. The molecule has 4 rings (SSSR count). The van der Waals surface area contributed by atoms with Crippen molar-refractivity contribution in [2.24, 2.45) is 0 Å². The molecule has 0 atom stereocenters. The first-order chi connectivity index (χ1) is 10.6. The minimum atomic E-state index is -0.176. The van der Waals surface area contributed by atoms with E-state index in [0.29, 0.717) is 12.1 Å². The zero-order valence-corrected chi connectivity index (χ0v) is 12.4. The van der Waals surface area contributed by atoms with Crippen LogP contribution in [0.15, 0.2) is 42.5 Å². The number of hydrogen-bond donors (Lipinski definition) is 0. The number of rotatable bonds is 2. The van der Waals surface area contributed by atoms with E-state index in [1.165, 1.54) is 6.07 Å². The second-order valence-corrected chi connectivity index (χ2v) is 5.51. The van der Waals surface area contributed by atoms with Gasteiger partial charge in [-0.15, -0.1) is 10.2 Å². The maximum absolute atomic E-state index is 13.9. The van der Waals surface area contributed by atoms with Crippen molar-refractivity contribution < 1.29 is 4.39 Å². The van der Waals surface area contributed by atoms with E-state index in [4.69, 9.17) is 0 Å². The molecule has 4 nitrogen and oxygen atoms in total. The standard InChI is InChI=1S/C17H15FN4/c1-11-9-16-15(7-8-17-20-19-12(2)22(16)17)21(11)10-13-5-3-4-6-14(13)18/h3-9H,10H2,1-2H3. The molecule has 0 saturated heterocycles. The number of benzene rings is 1. The molecule has 0 N–H and O–H groups in total. The maximum Gasteiger partial charge on any atom is 0.161 e. The van der Waals surface area contributed by atoms with Crippen LogP contribution >= 0.6 is 0 Å². The fraction of sp³-hybridized carbons (Fsp3) is 0.176. The third-order valence-electron chi connectivity index (χ3n) is 4.09. The molecule has 5 heteroatoms. The van der Waals surface area contributed by atoms with Gasteiger partial charge in [-0.3, -0.25) is 4.40 Å². The van der Waals surface area contributed by atoms with Crippen molar-refractivity contribution in [1.82, 2.24) is 19.2 Å². The van der Waals surface area contributed by atoms with Crippen molar-refractivity contribution in [1.29, 1.82) is 0 Å². The molecule has 0 bridgehead atoms. The summed E-state index contributed by atoms with van der Waals surface area (Å²) in [5.41, 5.74) is 4.69. The van der Waals surface area contributed by atoms with E-state index in [-0.39, 0.29) is 5.82 Å². The van der Waals surface area contributed by atoms with E-state index in [0.717, 1.165) is 28.2 Å². The summed E-state index contributed by atoms with van der Waals surface area (Å²) in [5, 5.41) is 8.28. The van der Waals surface area contributed by atoms with E-state index in [1.807, 2.05) is 42.5 Å². The van der Waals surface area contributed by atoms with Crippen LogP contribution in [0.2, 0.25) is 0 Å². The molecule has 3 aromatic heterocycles. The number of aromatic nitrogens is 4. The summed E-state index contributed by atoms with van der Waals surface area (Å²) in [6.07, 6.45) is 0. The lowest BCUT2D eigenvalue weighted by molar-refractivity contribution is 0.600. The summed E-state index contributed by atoms with van der Waals surface area (Å²) in [4.78, 5) is 0. The topological polar surface area (TPSA) is 35.1 Å². The molecule has 0 unspecified atom stereocenters. The van der Waals surface area contributed by atoms with Crippen molar-refractivity contribution >= 4 is 16.7 Å². The van der Waals surface area contributed by atoms with E-state index in [1.54, 1.807) is 6.07 Å². The van der Waals surface area contributed by atoms with Crippen LogP contribution in [-0.2, 0) is 6.54 Å². The molecule has 110 valence electrons. The van der Waals surface area contributed by atoms with Gasteiger partial charge < -0.3 is 4.57 Å². The summed E-state index contributed by atoms with van der Waals surface area (Å²) in [6, 6.07) is 13.0. The Hall–Kier alpha value is -2.69. The molecule has 4 aromatic rings. The van der Waals surface area contributed by atoms with Crippen LogP contribution in [0, 0.1) is 19.7 Å². The van der Waals surface area contributed by atoms with Crippen LogP contribution in [-0.4, -0.2) is 19.2 Å². The molecular formula is C17H15FN4. The first-order valence-corrected chi connectivity index (χ1v) is 7.19. The van der Waals surface area contributed by atoms with Crippen LogP contribution in [0.3, 0.4) is 0 Å². The first kappa shape index (κ1) is 13.0. The third kappa shape index (κ3) is 1.82. The highest BCUT2D eigenvalue weighted by molar-refractivity contribution is 5.81.